The molecule has 4 aromatic carbocycles. The molecule has 0 atom stereocenters. The van der Waals surface area contributed by atoms with E-state index in [-0.39, 0.29) is 5.78 Å². The summed E-state index contributed by atoms with van der Waals surface area (Å²) in [5.74, 6) is -0.0000435. The lowest BCUT2D eigenvalue weighted by molar-refractivity contribution is 0.104. The third-order valence-corrected chi connectivity index (χ3v) is 5.11. The first kappa shape index (κ1) is 16.4. The van der Waals surface area contributed by atoms with Crippen LogP contribution in [0, 0.1) is 0 Å². The van der Waals surface area contributed by atoms with Crippen molar-refractivity contribution in [3.63, 3.8) is 0 Å². The molecule has 132 valence electrons. The Labute approximate surface area is 163 Å². The Bertz CT molecular complexity index is 1320. The molecule has 5 aromatic rings. The molecule has 0 fully saturated rings. The van der Waals surface area contributed by atoms with Gasteiger partial charge in [0.2, 0.25) is 0 Å². The maximum Gasteiger partial charge on any atom is 0.196 e. The van der Waals surface area contributed by atoms with Crippen molar-refractivity contribution in [1.29, 1.82) is 0 Å². The lowest BCUT2D eigenvalue weighted by Gasteiger charge is -2.13. The predicted molar refractivity (Wildman–Crippen MR) is 115 cm³/mol. The summed E-state index contributed by atoms with van der Waals surface area (Å²) in [6.07, 6.45) is 1.84. The molecule has 0 saturated carbocycles. The molecule has 2 heteroatoms. The normalized spacial score (nSPS) is 11.0. The molecular weight excluding hydrogens is 342 g/mol. The van der Waals surface area contributed by atoms with Crippen molar-refractivity contribution in [3.8, 4) is 11.3 Å². The molecule has 0 bridgehead atoms. The molecule has 5 rings (SSSR count). The van der Waals surface area contributed by atoms with Crippen LogP contribution in [-0.4, -0.2) is 10.8 Å². The highest BCUT2D eigenvalue weighted by molar-refractivity contribution is 6.23. The van der Waals surface area contributed by atoms with E-state index in [1.807, 2.05) is 103 Å². The number of carbonyl (C=O) groups excluding carboxylic acids is 1. The Morgan fingerprint density at radius 3 is 2.07 bits per heavy atom. The average molecular weight is 359 g/mol. The molecule has 1 aromatic heterocycles. The minimum atomic E-state index is -0.0000435. The highest BCUT2D eigenvalue weighted by atomic mass is 16.1. The fraction of sp³-hybridized carbons (Fsp3) is 0. The molecule has 1 heterocycles. The van der Waals surface area contributed by atoms with Crippen molar-refractivity contribution in [2.24, 2.45) is 0 Å². The van der Waals surface area contributed by atoms with Gasteiger partial charge in [-0.15, -0.1) is 0 Å². The van der Waals surface area contributed by atoms with Crippen molar-refractivity contribution in [3.05, 3.63) is 114 Å². The third kappa shape index (κ3) is 2.67. The summed E-state index contributed by atoms with van der Waals surface area (Å²) in [5.41, 5.74) is 3.02. The minimum Gasteiger partial charge on any atom is -0.288 e. The largest absolute Gasteiger partial charge is 0.288 e. The van der Waals surface area contributed by atoms with Crippen LogP contribution < -0.4 is 0 Å². The first-order valence-electron chi connectivity index (χ1n) is 9.28. The number of aromatic nitrogens is 1. The van der Waals surface area contributed by atoms with E-state index in [0.717, 1.165) is 32.8 Å². The Morgan fingerprint density at radius 1 is 0.607 bits per heavy atom. The number of hydrogen-bond donors (Lipinski definition) is 0. The third-order valence-electron chi connectivity index (χ3n) is 5.11. The van der Waals surface area contributed by atoms with Crippen LogP contribution in [0.25, 0.3) is 32.8 Å². The second kappa shape index (κ2) is 6.75. The Morgan fingerprint density at radius 2 is 1.25 bits per heavy atom. The fourth-order valence-electron chi connectivity index (χ4n) is 3.77. The van der Waals surface area contributed by atoms with Crippen LogP contribution in [-0.2, 0) is 0 Å². The van der Waals surface area contributed by atoms with Crippen LogP contribution in [0.3, 0.4) is 0 Å². The summed E-state index contributed by atoms with van der Waals surface area (Å²) in [6.45, 7) is 0. The van der Waals surface area contributed by atoms with Gasteiger partial charge in [0.05, 0.1) is 11.3 Å². The summed E-state index contributed by atoms with van der Waals surface area (Å²) in [7, 11) is 0. The summed E-state index contributed by atoms with van der Waals surface area (Å²) in [4.78, 5) is 18.5. The van der Waals surface area contributed by atoms with E-state index in [1.165, 1.54) is 0 Å². The molecule has 0 amide bonds. The van der Waals surface area contributed by atoms with Crippen LogP contribution in [0.5, 0.6) is 0 Å². The maximum absolute atomic E-state index is 13.8. The van der Waals surface area contributed by atoms with Gasteiger partial charge >= 0.3 is 0 Å². The monoisotopic (exact) mass is 359 g/mol. The lowest BCUT2D eigenvalue weighted by atomic mass is 9.91. The Balaban J connectivity index is 1.83. The predicted octanol–water partition coefficient (Wildman–Crippen LogP) is 6.29. The molecule has 0 aliphatic rings. The van der Waals surface area contributed by atoms with Crippen LogP contribution in [0.2, 0.25) is 0 Å². The van der Waals surface area contributed by atoms with Gasteiger partial charge < -0.3 is 0 Å². The van der Waals surface area contributed by atoms with Gasteiger partial charge in [0.25, 0.3) is 0 Å². The van der Waals surface area contributed by atoms with Crippen LogP contribution >= 0.6 is 0 Å². The molecule has 2 nitrogen and oxygen atoms in total. The maximum atomic E-state index is 13.8. The second-order valence-corrected chi connectivity index (χ2v) is 6.79. The summed E-state index contributed by atoms with van der Waals surface area (Å²) < 4.78 is 0. The molecule has 28 heavy (non-hydrogen) atoms. The highest BCUT2D eigenvalue weighted by Gasteiger charge is 2.21. The number of carbonyl (C=O) groups is 1. The zero-order valence-corrected chi connectivity index (χ0v) is 15.2. The second-order valence-electron chi connectivity index (χ2n) is 6.79. The SMILES string of the molecule is O=C(c1cccc2ccccc12)c1c(-c2ccccc2)ncc2ccccc12. The van der Waals surface area contributed by atoms with Crippen LogP contribution in [0.4, 0.5) is 0 Å². The van der Waals surface area contributed by atoms with E-state index in [0.29, 0.717) is 11.1 Å². The average Bonchev–Trinajstić information content (AvgIpc) is 2.78. The Kier molecular flexibility index (Phi) is 3.95. The molecule has 0 spiro atoms. The molecule has 0 N–H and O–H groups in total. The lowest BCUT2D eigenvalue weighted by Crippen LogP contribution is -2.07. The fourth-order valence-corrected chi connectivity index (χ4v) is 3.77. The van der Waals surface area contributed by atoms with E-state index in [9.17, 15) is 4.79 Å². The number of hydrogen-bond acceptors (Lipinski definition) is 2. The van der Waals surface area contributed by atoms with Gasteiger partial charge in [-0.1, -0.05) is 97.1 Å². The molecular formula is C26H17NO. The van der Waals surface area contributed by atoms with Gasteiger partial charge in [0, 0.05) is 22.7 Å². The summed E-state index contributed by atoms with van der Waals surface area (Å²) in [6, 6.07) is 31.7. The van der Waals surface area contributed by atoms with Gasteiger partial charge in [-0.25, -0.2) is 0 Å². The van der Waals surface area contributed by atoms with Gasteiger partial charge in [-0.2, -0.15) is 0 Å². The van der Waals surface area contributed by atoms with Crippen molar-refractivity contribution in [1.82, 2.24) is 4.98 Å². The summed E-state index contributed by atoms with van der Waals surface area (Å²) >= 11 is 0. The Hall–Kier alpha value is -3.78. The van der Waals surface area contributed by atoms with E-state index in [2.05, 4.69) is 4.98 Å². The van der Waals surface area contributed by atoms with E-state index < -0.39 is 0 Å². The van der Waals surface area contributed by atoms with Crippen molar-refractivity contribution in [2.75, 3.05) is 0 Å². The topological polar surface area (TPSA) is 30.0 Å². The number of ketones is 1. The number of nitrogens with zero attached hydrogens (tertiary/aromatic N) is 1. The zero-order chi connectivity index (χ0) is 18.9. The van der Waals surface area contributed by atoms with E-state index in [1.54, 1.807) is 0 Å². The van der Waals surface area contributed by atoms with E-state index >= 15 is 0 Å². The molecule has 0 radical (unpaired) electrons. The van der Waals surface area contributed by atoms with Crippen molar-refractivity contribution < 1.29 is 4.79 Å². The molecule has 0 unspecified atom stereocenters. The highest BCUT2D eigenvalue weighted by Crippen LogP contribution is 2.32. The van der Waals surface area contributed by atoms with E-state index in [4.69, 9.17) is 0 Å². The number of rotatable bonds is 3. The van der Waals surface area contributed by atoms with Crippen LogP contribution in [0.1, 0.15) is 15.9 Å². The first-order chi connectivity index (χ1) is 13.8. The smallest absolute Gasteiger partial charge is 0.196 e. The standard InChI is InChI=1S/C26H17NO/c28-26(23-16-8-13-18-9-4-6-14-21(18)23)24-22-15-7-5-12-20(22)17-27-25(24)19-10-2-1-3-11-19/h1-17H. The molecule has 0 aliphatic carbocycles. The van der Waals surface area contributed by atoms with Gasteiger partial charge in [-0.3, -0.25) is 9.78 Å². The number of pyridine rings is 1. The molecule has 0 saturated heterocycles. The van der Waals surface area contributed by atoms with Gasteiger partial charge in [-0.05, 0) is 16.2 Å². The molecule has 0 aliphatic heterocycles. The first-order valence-corrected chi connectivity index (χ1v) is 9.28. The van der Waals surface area contributed by atoms with Crippen molar-refractivity contribution in [2.45, 2.75) is 0 Å². The zero-order valence-electron chi connectivity index (χ0n) is 15.2. The number of benzene rings is 4. The number of fused-ring (bicyclic) bond motifs is 2. The minimum absolute atomic E-state index is 0.0000435. The van der Waals surface area contributed by atoms with Gasteiger partial charge in [0.1, 0.15) is 0 Å². The van der Waals surface area contributed by atoms with Crippen molar-refractivity contribution >= 4 is 27.3 Å². The van der Waals surface area contributed by atoms with Gasteiger partial charge in [0.15, 0.2) is 5.78 Å². The van der Waals surface area contributed by atoms with Crippen LogP contribution in [0.15, 0.2) is 103 Å². The quantitative estimate of drug-likeness (QED) is 0.355. The summed E-state index contributed by atoms with van der Waals surface area (Å²) in [5, 5.41) is 3.91.